The molecule has 2 aromatic carbocycles. The van der Waals surface area contributed by atoms with Gasteiger partial charge >= 0.3 is 20.4 Å². The summed E-state index contributed by atoms with van der Waals surface area (Å²) in [4.78, 5) is 0. The summed E-state index contributed by atoms with van der Waals surface area (Å²) in [5.74, 6) is 0. The van der Waals surface area contributed by atoms with Crippen molar-refractivity contribution in [1.29, 1.82) is 0 Å². The van der Waals surface area contributed by atoms with Crippen LogP contribution in [0.3, 0.4) is 0 Å². The highest BCUT2D eigenvalue weighted by molar-refractivity contribution is 6.79. The van der Waals surface area contributed by atoms with Gasteiger partial charge in [-0.2, -0.15) is 3.70 Å². The molecule has 2 aromatic rings. The van der Waals surface area contributed by atoms with Crippen LogP contribution in [0.1, 0.15) is 62.4 Å². The Balaban J connectivity index is 1.90. The summed E-state index contributed by atoms with van der Waals surface area (Å²) in [5.41, 5.74) is 15.4. The van der Waals surface area contributed by atoms with E-state index in [4.69, 9.17) is 0 Å². The molecule has 0 saturated heterocycles. The maximum Gasteiger partial charge on any atom is 0.426 e. The summed E-state index contributed by atoms with van der Waals surface area (Å²) in [7, 11) is -0.498. The van der Waals surface area contributed by atoms with Crippen LogP contribution in [-0.2, 0) is 0 Å². The quantitative estimate of drug-likeness (QED) is 0.518. The number of allylic oxidation sites excluding steroid dienone is 2. The zero-order valence-corrected chi connectivity index (χ0v) is 21.1. The van der Waals surface area contributed by atoms with Gasteiger partial charge in [0.2, 0.25) is 0 Å². The van der Waals surface area contributed by atoms with Gasteiger partial charge in [0.15, 0.2) is 0 Å². The van der Waals surface area contributed by atoms with E-state index >= 15 is 0 Å². The van der Waals surface area contributed by atoms with E-state index in [1.807, 2.05) is 0 Å². The second-order valence-corrected chi connectivity index (χ2v) is 13.5. The number of hydrogen-bond acceptors (Lipinski definition) is 0. The van der Waals surface area contributed by atoms with E-state index in [0.717, 1.165) is 0 Å². The van der Waals surface area contributed by atoms with Gasteiger partial charge in [0, 0.05) is 8.41 Å². The highest BCUT2D eigenvalue weighted by atomic mass is 28.2. The molecule has 2 heteroatoms. The Bertz CT molecular complexity index is 1110. The average Bonchev–Trinajstić information content (AvgIpc) is 3.12. The molecule has 0 amide bonds. The predicted molar refractivity (Wildman–Crippen MR) is 128 cm³/mol. The average molecular weight is 395 g/mol. The lowest BCUT2D eigenvalue weighted by Gasteiger charge is -2.20. The Hall–Kier alpha value is -1.23. The predicted octanol–water partition coefficient (Wildman–Crippen LogP) is 6.38. The first-order valence-corrected chi connectivity index (χ1v) is 14.5. The second kappa shape index (κ2) is 7.23. The van der Waals surface area contributed by atoms with Gasteiger partial charge in [-0.25, -0.2) is 0 Å². The van der Waals surface area contributed by atoms with Crippen molar-refractivity contribution in [3.05, 3.63) is 79.9 Å². The molecule has 2 aliphatic rings. The van der Waals surface area contributed by atoms with Gasteiger partial charge in [-0.3, -0.25) is 0 Å². The van der Waals surface area contributed by atoms with Crippen LogP contribution in [0.25, 0.3) is 9.78 Å². The highest BCUT2D eigenvalue weighted by Gasteiger charge is 2.34. The summed E-state index contributed by atoms with van der Waals surface area (Å²) in [6, 6.07) is 9.30. The third kappa shape index (κ3) is 2.96. The van der Waals surface area contributed by atoms with E-state index in [1.54, 1.807) is 36.7 Å². The largest absolute Gasteiger partial charge is 0.426 e. The lowest BCUT2D eigenvalue weighted by Crippen LogP contribution is -2.13. The van der Waals surface area contributed by atoms with Crippen molar-refractivity contribution in [2.75, 3.05) is 0 Å². The standard InChI is InChI=1S/C14H17Si.C12H13.Mg/c1-9-6-7-10(2)13-12(9)8-11(3)14(13)15(4)5;1-8-6-11-9(2)4-5-10(3)12(11)7-8;/h6-7H,1-5H3;4-7H,1-3H3;. The molecular weight excluding hydrogens is 365 g/mol. The minimum absolute atomic E-state index is 0.480. The Morgan fingerprint density at radius 3 is 1.96 bits per heavy atom. The molecule has 0 spiro atoms. The van der Waals surface area contributed by atoms with Crippen molar-refractivity contribution in [3.63, 3.8) is 0 Å². The zero-order chi connectivity index (χ0) is 20.3. The van der Waals surface area contributed by atoms with Gasteiger partial charge in [0.1, 0.15) is 0 Å². The van der Waals surface area contributed by atoms with E-state index < -0.39 is 28.8 Å². The number of hydrogen-bond donors (Lipinski definition) is 0. The lowest BCUT2D eigenvalue weighted by atomic mass is 9.98. The number of benzene rings is 2. The maximum absolute atomic E-state index is 2.48. The molecule has 0 fully saturated rings. The fourth-order valence-corrected chi connectivity index (χ4v) is 10.1. The Kier molecular flexibility index (Phi) is 5.18. The number of fused-ring (bicyclic) bond motifs is 2. The fraction of sp³-hybridized carbons (Fsp3) is 0.346. The third-order valence-electron chi connectivity index (χ3n) is 6.90. The molecule has 0 saturated carbocycles. The van der Waals surface area contributed by atoms with Crippen molar-refractivity contribution in [1.82, 2.24) is 0 Å². The van der Waals surface area contributed by atoms with Crippen molar-refractivity contribution < 1.29 is 0 Å². The number of aryl methyl sites for hydroxylation is 4. The molecule has 0 aromatic heterocycles. The molecule has 0 heterocycles. The summed E-state index contributed by atoms with van der Waals surface area (Å²) in [6.45, 7) is 18.9. The van der Waals surface area contributed by atoms with Crippen LogP contribution < -0.4 is 0 Å². The Labute approximate surface area is 181 Å². The lowest BCUT2D eigenvalue weighted by molar-refractivity contribution is 1.10. The third-order valence-corrected chi connectivity index (χ3v) is 11.3. The second-order valence-electron chi connectivity index (χ2n) is 9.10. The Morgan fingerprint density at radius 1 is 0.750 bits per heavy atom. The molecule has 0 nitrogen and oxygen atoms in total. The summed E-state index contributed by atoms with van der Waals surface area (Å²) in [5, 5.41) is 1.70. The zero-order valence-electron chi connectivity index (χ0n) is 18.7. The van der Waals surface area contributed by atoms with Gasteiger partial charge in [-0.1, -0.05) is 64.2 Å². The fourth-order valence-electron chi connectivity index (χ4n) is 5.46. The van der Waals surface area contributed by atoms with Gasteiger partial charge < -0.3 is 0 Å². The topological polar surface area (TPSA) is 0 Å². The van der Waals surface area contributed by atoms with Crippen molar-refractivity contribution in [3.8, 4) is 0 Å². The SMILES string of the molecule is CC1=Cc2c(C)ccc(C)c2[CH]1[Mg][C]1=C(C)C(=[Si](C)C)c2c(C)ccc(C)c21. The van der Waals surface area contributed by atoms with Crippen LogP contribution in [0.2, 0.25) is 13.1 Å². The smallest absolute Gasteiger partial charge is 0.161 e. The van der Waals surface area contributed by atoms with Crippen LogP contribution >= 0.6 is 0 Å². The molecule has 0 N–H and O–H groups in total. The van der Waals surface area contributed by atoms with Gasteiger partial charge in [-0.05, 0) is 85.7 Å². The molecule has 0 radical (unpaired) electrons. The molecule has 0 aliphatic heterocycles. The monoisotopic (exact) mass is 394 g/mol. The van der Waals surface area contributed by atoms with Crippen LogP contribution in [0.15, 0.2) is 35.4 Å². The first kappa shape index (κ1) is 20.1. The molecule has 1 unspecified atom stereocenters. The summed E-state index contributed by atoms with van der Waals surface area (Å²) < 4.78 is 2.39. The maximum atomic E-state index is 2.48. The van der Waals surface area contributed by atoms with Crippen molar-refractivity contribution in [2.24, 2.45) is 0 Å². The van der Waals surface area contributed by atoms with E-state index in [2.05, 4.69) is 85.0 Å². The van der Waals surface area contributed by atoms with Gasteiger partial charge in [-0.15, -0.1) is 0 Å². The molecule has 0 bridgehead atoms. The van der Waals surface area contributed by atoms with Crippen LogP contribution in [0.4, 0.5) is 0 Å². The van der Waals surface area contributed by atoms with Crippen molar-refractivity contribution in [2.45, 2.75) is 58.7 Å². The Morgan fingerprint density at radius 2 is 1.32 bits per heavy atom. The van der Waals surface area contributed by atoms with E-state index in [9.17, 15) is 0 Å². The van der Waals surface area contributed by atoms with Crippen molar-refractivity contribution >= 4 is 43.7 Å². The minimum atomic E-state index is -0.498. The first-order chi connectivity index (χ1) is 13.2. The van der Waals surface area contributed by atoms with E-state index in [0.29, 0.717) is 4.05 Å². The normalized spacial score (nSPS) is 17.5. The molecule has 4 rings (SSSR count). The highest BCUT2D eigenvalue weighted by Crippen LogP contribution is 2.44. The first-order valence-electron chi connectivity index (χ1n) is 10.5. The van der Waals surface area contributed by atoms with Gasteiger partial charge in [0.05, 0.1) is 0 Å². The van der Waals surface area contributed by atoms with Gasteiger partial charge in [0.25, 0.3) is 0 Å². The van der Waals surface area contributed by atoms with Crippen LogP contribution in [-0.4, -0.2) is 33.9 Å². The summed E-state index contributed by atoms with van der Waals surface area (Å²) in [6.07, 6.45) is 2.48. The molecule has 140 valence electrons. The molecule has 1 atom stereocenters. The molecule has 28 heavy (non-hydrogen) atoms. The van der Waals surface area contributed by atoms with Crippen LogP contribution in [0, 0.1) is 27.7 Å². The molecule has 2 aliphatic carbocycles. The van der Waals surface area contributed by atoms with E-state index in [-0.39, 0.29) is 0 Å². The van der Waals surface area contributed by atoms with Crippen LogP contribution in [0.5, 0.6) is 0 Å². The molecular formula is C26H30MgSi. The number of rotatable bonds is 2. The minimum Gasteiger partial charge on any atom is -0.161 e. The summed E-state index contributed by atoms with van der Waals surface area (Å²) >= 11 is -0.480. The van der Waals surface area contributed by atoms with E-state index in [1.165, 1.54) is 27.8 Å².